The highest BCUT2D eigenvalue weighted by Gasteiger charge is 2.41. The normalized spacial score (nSPS) is 28.9. The van der Waals surface area contributed by atoms with E-state index in [1.54, 1.807) is 0 Å². The minimum absolute atomic E-state index is 0.0319. The fraction of sp³-hybridized carbons (Fsp3) is 0.583. The minimum atomic E-state index is -0.486. The van der Waals surface area contributed by atoms with Crippen molar-refractivity contribution in [1.82, 2.24) is 0 Å². The molecule has 0 fully saturated rings. The molecule has 0 unspecified atom stereocenters. The van der Waals surface area contributed by atoms with E-state index in [1.807, 2.05) is 13.8 Å². The van der Waals surface area contributed by atoms with Gasteiger partial charge in [-0.15, -0.1) is 5.76 Å². The smallest absolute Gasteiger partial charge is 0.166 e. The molecule has 0 saturated heterocycles. The first-order valence-electron chi connectivity index (χ1n) is 5.17. The molecule has 0 saturated carbocycles. The molecule has 15 heavy (non-hydrogen) atoms. The number of ether oxygens (including phenoxy) is 1. The van der Waals surface area contributed by atoms with Gasteiger partial charge in [-0.05, 0) is 23.8 Å². The van der Waals surface area contributed by atoms with Gasteiger partial charge < -0.3 is 9.84 Å². The molecular formula is C12H15O3-. The maximum Gasteiger partial charge on any atom is 0.166 e. The van der Waals surface area contributed by atoms with E-state index in [1.165, 1.54) is 13.2 Å². The molecule has 2 rings (SSSR count). The molecule has 0 aromatic carbocycles. The van der Waals surface area contributed by atoms with Crippen LogP contribution in [0, 0.1) is 11.3 Å². The first kappa shape index (κ1) is 10.3. The second-order valence-electron chi connectivity index (χ2n) is 4.88. The predicted octanol–water partition coefficient (Wildman–Crippen LogP) is 1.15. The Morgan fingerprint density at radius 1 is 1.53 bits per heavy atom. The van der Waals surface area contributed by atoms with Crippen LogP contribution in [0.3, 0.4) is 0 Å². The van der Waals surface area contributed by atoms with Crippen molar-refractivity contribution in [2.24, 2.45) is 11.3 Å². The van der Waals surface area contributed by atoms with Crippen molar-refractivity contribution < 1.29 is 14.6 Å². The molecule has 0 spiro atoms. The molecular weight excluding hydrogens is 192 g/mol. The predicted molar refractivity (Wildman–Crippen MR) is 53.6 cm³/mol. The van der Waals surface area contributed by atoms with Gasteiger partial charge in [0.25, 0.3) is 0 Å². The maximum atomic E-state index is 12.0. The van der Waals surface area contributed by atoms with E-state index < -0.39 is 5.92 Å². The van der Waals surface area contributed by atoms with Crippen LogP contribution < -0.4 is 5.11 Å². The Morgan fingerprint density at radius 3 is 2.80 bits per heavy atom. The van der Waals surface area contributed by atoms with Crippen molar-refractivity contribution >= 4 is 5.78 Å². The molecule has 1 atom stereocenters. The molecule has 0 aliphatic heterocycles. The van der Waals surface area contributed by atoms with E-state index in [9.17, 15) is 9.90 Å². The molecule has 3 heteroatoms. The van der Waals surface area contributed by atoms with Gasteiger partial charge in [-0.1, -0.05) is 13.8 Å². The lowest BCUT2D eigenvalue weighted by molar-refractivity contribution is -0.321. The molecule has 2 aliphatic carbocycles. The molecule has 0 heterocycles. The van der Waals surface area contributed by atoms with E-state index in [-0.39, 0.29) is 17.0 Å². The van der Waals surface area contributed by atoms with Crippen LogP contribution in [0.2, 0.25) is 0 Å². The number of ketones is 1. The fourth-order valence-corrected chi connectivity index (χ4v) is 2.48. The average Bonchev–Trinajstić information content (AvgIpc) is 2.13. The lowest BCUT2D eigenvalue weighted by atomic mass is 9.65. The molecule has 0 aromatic heterocycles. The number of allylic oxidation sites excluding steroid dienone is 3. The Morgan fingerprint density at radius 2 is 2.20 bits per heavy atom. The third-order valence-electron chi connectivity index (χ3n) is 3.44. The molecule has 3 nitrogen and oxygen atoms in total. The van der Waals surface area contributed by atoms with Gasteiger partial charge in [-0.25, -0.2) is 0 Å². The monoisotopic (exact) mass is 207 g/mol. The lowest BCUT2D eigenvalue weighted by Gasteiger charge is -2.45. The van der Waals surface area contributed by atoms with Gasteiger partial charge in [0.2, 0.25) is 0 Å². The summed E-state index contributed by atoms with van der Waals surface area (Å²) < 4.78 is 5.07. The minimum Gasteiger partial charge on any atom is -0.875 e. The zero-order valence-corrected chi connectivity index (χ0v) is 9.29. The SMILES string of the molecule is COC1=CC(=O)[C@@H]2C([O-])=C1CCC2(C)C. The van der Waals surface area contributed by atoms with Crippen LogP contribution in [-0.2, 0) is 9.53 Å². The summed E-state index contributed by atoms with van der Waals surface area (Å²) in [5, 5.41) is 12.0. The third kappa shape index (κ3) is 1.37. The topological polar surface area (TPSA) is 49.4 Å². The first-order chi connectivity index (χ1) is 6.97. The highest BCUT2D eigenvalue weighted by molar-refractivity contribution is 5.97. The van der Waals surface area contributed by atoms with Gasteiger partial charge in [0.05, 0.1) is 7.11 Å². The molecule has 0 radical (unpaired) electrons. The van der Waals surface area contributed by atoms with Gasteiger partial charge in [-0.2, -0.15) is 0 Å². The summed E-state index contributed by atoms with van der Waals surface area (Å²) in [6.07, 6.45) is 3.06. The first-order valence-corrected chi connectivity index (χ1v) is 5.17. The Balaban J connectivity index is 2.50. The number of carbonyl (C=O) groups is 1. The maximum absolute atomic E-state index is 12.0. The van der Waals surface area contributed by atoms with E-state index >= 15 is 0 Å². The Labute approximate surface area is 89.4 Å². The number of carbonyl (C=O) groups excluding carboxylic acids is 1. The summed E-state index contributed by atoms with van der Waals surface area (Å²) in [5.41, 5.74) is 0.481. The molecule has 82 valence electrons. The van der Waals surface area contributed by atoms with Crippen LogP contribution in [0.25, 0.3) is 0 Å². The number of fused-ring (bicyclic) bond motifs is 1. The van der Waals surface area contributed by atoms with Crippen molar-refractivity contribution in [2.75, 3.05) is 7.11 Å². The van der Waals surface area contributed by atoms with Crippen LogP contribution >= 0.6 is 0 Å². The second-order valence-corrected chi connectivity index (χ2v) is 4.88. The summed E-state index contributed by atoms with van der Waals surface area (Å²) in [6, 6.07) is 0. The Kier molecular flexibility index (Phi) is 2.14. The van der Waals surface area contributed by atoms with Gasteiger partial charge >= 0.3 is 0 Å². The van der Waals surface area contributed by atoms with Crippen molar-refractivity contribution in [2.45, 2.75) is 26.7 Å². The zero-order chi connectivity index (χ0) is 11.2. The van der Waals surface area contributed by atoms with Gasteiger partial charge in [0.15, 0.2) is 5.78 Å². The summed E-state index contributed by atoms with van der Waals surface area (Å²) in [6.45, 7) is 3.96. The highest BCUT2D eigenvalue weighted by Crippen LogP contribution is 2.46. The van der Waals surface area contributed by atoms with Gasteiger partial charge in [-0.3, -0.25) is 4.79 Å². The quantitative estimate of drug-likeness (QED) is 0.648. The average molecular weight is 207 g/mol. The molecule has 0 N–H and O–H groups in total. The summed E-state index contributed by atoms with van der Waals surface area (Å²) in [7, 11) is 1.50. The van der Waals surface area contributed by atoms with Crippen molar-refractivity contribution in [3.05, 3.63) is 23.2 Å². The van der Waals surface area contributed by atoms with Crippen molar-refractivity contribution in [3.63, 3.8) is 0 Å². The van der Waals surface area contributed by atoms with Crippen LogP contribution in [0.15, 0.2) is 23.2 Å². The van der Waals surface area contributed by atoms with E-state index in [0.29, 0.717) is 11.3 Å². The largest absolute Gasteiger partial charge is 0.875 e. The highest BCUT2D eigenvalue weighted by atomic mass is 16.5. The third-order valence-corrected chi connectivity index (χ3v) is 3.44. The molecule has 2 bridgehead atoms. The fourth-order valence-electron chi connectivity index (χ4n) is 2.48. The number of hydrogen-bond donors (Lipinski definition) is 0. The molecule has 0 aromatic rings. The summed E-state index contributed by atoms with van der Waals surface area (Å²) in [5.74, 6) is -0.155. The zero-order valence-electron chi connectivity index (χ0n) is 9.29. The van der Waals surface area contributed by atoms with Crippen LogP contribution in [0.1, 0.15) is 26.7 Å². The van der Waals surface area contributed by atoms with Gasteiger partial charge in [0.1, 0.15) is 5.76 Å². The molecule has 0 amide bonds. The number of methoxy groups -OCH3 is 1. The van der Waals surface area contributed by atoms with Crippen LogP contribution in [0.5, 0.6) is 0 Å². The number of hydrogen-bond acceptors (Lipinski definition) is 3. The van der Waals surface area contributed by atoms with Crippen molar-refractivity contribution in [1.29, 1.82) is 0 Å². The summed E-state index contributed by atoms with van der Waals surface area (Å²) in [4.78, 5) is 11.8. The van der Waals surface area contributed by atoms with Crippen LogP contribution in [0.4, 0.5) is 0 Å². The van der Waals surface area contributed by atoms with Crippen LogP contribution in [-0.4, -0.2) is 12.9 Å². The van der Waals surface area contributed by atoms with E-state index in [2.05, 4.69) is 0 Å². The summed E-state index contributed by atoms with van der Waals surface area (Å²) >= 11 is 0. The Bertz CT molecular complexity index is 374. The van der Waals surface area contributed by atoms with Gasteiger partial charge in [0, 0.05) is 12.0 Å². The Hall–Kier alpha value is -1.25. The standard InChI is InChI=1S/C12H16O3/c1-12(2)5-4-7-9(15-3)6-8(13)10(12)11(7)14/h6,10,14H,4-5H2,1-3H3/p-1/t10-/m1/s1. The van der Waals surface area contributed by atoms with E-state index in [0.717, 1.165) is 12.8 Å². The van der Waals surface area contributed by atoms with E-state index in [4.69, 9.17) is 4.74 Å². The number of rotatable bonds is 1. The second kappa shape index (κ2) is 3.12. The lowest BCUT2D eigenvalue weighted by Crippen LogP contribution is -2.42. The van der Waals surface area contributed by atoms with Crippen molar-refractivity contribution in [3.8, 4) is 0 Å². The molecule has 2 aliphatic rings.